The summed E-state index contributed by atoms with van der Waals surface area (Å²) < 4.78 is -0.533. The van der Waals surface area contributed by atoms with E-state index >= 15 is 0 Å². The molecular weight excluding hydrogens is 542 g/mol. The molecule has 1 unspecified atom stereocenters. The minimum absolute atomic E-state index is 0.102. The lowest BCUT2D eigenvalue weighted by atomic mass is 10.1. The van der Waals surface area contributed by atoms with Crippen molar-refractivity contribution in [3.05, 3.63) is 27.8 Å². The van der Waals surface area contributed by atoms with Crippen LogP contribution in [-0.2, 0) is 4.79 Å². The van der Waals surface area contributed by atoms with Gasteiger partial charge in [-0.1, -0.05) is 106 Å². The maximum Gasteiger partial charge on any atom is 0.228 e. The first kappa shape index (κ1) is 27.1. The van der Waals surface area contributed by atoms with Gasteiger partial charge < -0.3 is 10.6 Å². The lowest BCUT2D eigenvalue weighted by Gasteiger charge is -2.27. The zero-order valence-electron chi connectivity index (χ0n) is 17.3. The third-order valence-corrected chi connectivity index (χ3v) is 6.17. The largest absolute Gasteiger partial charge is 0.362 e. The van der Waals surface area contributed by atoms with Gasteiger partial charge in [-0.25, -0.2) is 0 Å². The molecule has 2 N–H and O–H groups in total. The van der Waals surface area contributed by atoms with E-state index < -0.39 is 9.96 Å². The summed E-state index contributed by atoms with van der Waals surface area (Å²) in [6.07, 6.45) is 13.4. The van der Waals surface area contributed by atoms with Crippen LogP contribution in [-0.4, -0.2) is 15.9 Å². The molecule has 0 saturated carbocycles. The van der Waals surface area contributed by atoms with Gasteiger partial charge in [-0.05, 0) is 53.3 Å². The number of alkyl halides is 3. The quantitative estimate of drug-likeness (QED) is 0.0958. The van der Waals surface area contributed by atoms with Crippen LogP contribution in [0.25, 0.3) is 0 Å². The number of hydrogen-bond donors (Lipinski definition) is 2. The molecule has 0 aliphatic carbocycles. The summed E-state index contributed by atoms with van der Waals surface area (Å²) in [5, 5.41) is 5.90. The number of nitrogens with one attached hydrogen (secondary N) is 2. The third-order valence-electron chi connectivity index (χ3n) is 4.80. The molecule has 1 amide bonds. The Balaban J connectivity index is 2.19. The number of amides is 1. The summed E-state index contributed by atoms with van der Waals surface area (Å²) >= 11 is 20.4. The number of hydrogen-bond acceptors (Lipinski definition) is 2. The fourth-order valence-corrected chi connectivity index (χ4v) is 3.78. The molecule has 7 heteroatoms. The molecular formula is C22H34Cl3IN2O. The summed E-state index contributed by atoms with van der Waals surface area (Å²) in [4.78, 5) is 12.3. The van der Waals surface area contributed by atoms with Crippen LogP contribution in [0.5, 0.6) is 0 Å². The Kier molecular flexibility index (Phi) is 14.8. The first-order valence-electron chi connectivity index (χ1n) is 10.7. The van der Waals surface area contributed by atoms with Crippen molar-refractivity contribution in [2.45, 2.75) is 93.9 Å². The number of rotatable bonds is 15. The van der Waals surface area contributed by atoms with Gasteiger partial charge in [0.1, 0.15) is 6.17 Å². The lowest BCUT2D eigenvalue weighted by Crippen LogP contribution is -2.49. The first-order chi connectivity index (χ1) is 13.8. The monoisotopic (exact) mass is 574 g/mol. The lowest BCUT2D eigenvalue weighted by molar-refractivity contribution is -0.121. The molecule has 1 atom stereocenters. The second kappa shape index (κ2) is 15.8. The highest BCUT2D eigenvalue weighted by Gasteiger charge is 2.33. The second-order valence-electron chi connectivity index (χ2n) is 7.48. The molecule has 0 bridgehead atoms. The Hall–Kier alpha value is 0.0900. The first-order valence-corrected chi connectivity index (χ1v) is 12.9. The van der Waals surface area contributed by atoms with E-state index in [0.717, 1.165) is 22.1 Å². The van der Waals surface area contributed by atoms with Gasteiger partial charge in [-0.2, -0.15) is 0 Å². The van der Waals surface area contributed by atoms with Gasteiger partial charge >= 0.3 is 0 Å². The van der Waals surface area contributed by atoms with E-state index in [1.165, 1.54) is 57.8 Å². The molecule has 0 aromatic heterocycles. The van der Waals surface area contributed by atoms with E-state index in [4.69, 9.17) is 34.8 Å². The van der Waals surface area contributed by atoms with Crippen molar-refractivity contribution < 1.29 is 4.79 Å². The Morgan fingerprint density at radius 1 is 0.897 bits per heavy atom. The fourth-order valence-electron chi connectivity index (χ4n) is 3.10. The number of halogens is 4. The van der Waals surface area contributed by atoms with Crippen molar-refractivity contribution in [2.24, 2.45) is 0 Å². The van der Waals surface area contributed by atoms with E-state index in [1.807, 2.05) is 24.3 Å². The zero-order chi connectivity index (χ0) is 21.5. The van der Waals surface area contributed by atoms with Gasteiger partial charge in [0.25, 0.3) is 0 Å². The van der Waals surface area contributed by atoms with Gasteiger partial charge in [0.15, 0.2) is 0 Å². The molecule has 0 spiro atoms. The summed E-state index contributed by atoms with van der Waals surface area (Å²) in [7, 11) is 0. The number of carbonyl (C=O) groups excluding carboxylic acids is 1. The van der Waals surface area contributed by atoms with Gasteiger partial charge in [0.2, 0.25) is 9.70 Å². The topological polar surface area (TPSA) is 41.1 Å². The molecule has 0 heterocycles. The maximum absolute atomic E-state index is 12.3. The Bertz CT molecular complexity index is 564. The average Bonchev–Trinajstić information content (AvgIpc) is 2.66. The van der Waals surface area contributed by atoms with Crippen molar-refractivity contribution in [3.63, 3.8) is 0 Å². The maximum atomic E-state index is 12.3. The highest BCUT2D eigenvalue weighted by atomic mass is 127. The summed E-state index contributed by atoms with van der Waals surface area (Å²) in [6, 6.07) is 7.68. The Morgan fingerprint density at radius 2 is 1.38 bits per heavy atom. The Morgan fingerprint density at radius 3 is 1.86 bits per heavy atom. The van der Waals surface area contributed by atoms with Crippen LogP contribution in [0.3, 0.4) is 0 Å². The van der Waals surface area contributed by atoms with Gasteiger partial charge in [-0.15, -0.1) is 0 Å². The molecule has 3 nitrogen and oxygen atoms in total. The van der Waals surface area contributed by atoms with E-state index in [9.17, 15) is 4.79 Å². The van der Waals surface area contributed by atoms with Crippen LogP contribution in [0, 0.1) is 3.57 Å². The van der Waals surface area contributed by atoms with E-state index in [1.54, 1.807) is 0 Å². The normalized spacial score (nSPS) is 12.6. The van der Waals surface area contributed by atoms with Crippen LogP contribution in [0.2, 0.25) is 0 Å². The molecule has 0 aliphatic heterocycles. The van der Waals surface area contributed by atoms with E-state index in [-0.39, 0.29) is 5.91 Å². The van der Waals surface area contributed by atoms with Crippen LogP contribution in [0.4, 0.5) is 5.69 Å². The minimum Gasteiger partial charge on any atom is -0.362 e. The highest BCUT2D eigenvalue weighted by molar-refractivity contribution is 14.1. The summed E-state index contributed by atoms with van der Waals surface area (Å²) in [6.45, 7) is 2.25. The predicted octanol–water partition coefficient (Wildman–Crippen LogP) is 8.22. The molecule has 0 saturated heterocycles. The van der Waals surface area contributed by atoms with Gasteiger partial charge in [-0.3, -0.25) is 4.79 Å². The standard InChI is InChI=1S/C22H34Cl3IN2O/c1-2-3-4-5-6-7-8-9-10-11-12-13-20(29)28-21(22(23,24)25)27-19-16-14-18(26)15-17-19/h14-17,21,27H,2-13H2,1H3,(H,28,29). The average molecular weight is 576 g/mol. The molecule has 0 aliphatic rings. The zero-order valence-corrected chi connectivity index (χ0v) is 21.7. The predicted molar refractivity (Wildman–Crippen MR) is 136 cm³/mol. The summed E-state index contributed by atoms with van der Waals surface area (Å²) in [5.41, 5.74) is 0.789. The number of carbonyl (C=O) groups is 1. The molecule has 29 heavy (non-hydrogen) atoms. The van der Waals surface area contributed by atoms with Crippen molar-refractivity contribution in [2.75, 3.05) is 5.32 Å². The van der Waals surface area contributed by atoms with E-state index in [2.05, 4.69) is 40.1 Å². The highest BCUT2D eigenvalue weighted by Crippen LogP contribution is 2.31. The van der Waals surface area contributed by atoms with Gasteiger partial charge in [0.05, 0.1) is 0 Å². The smallest absolute Gasteiger partial charge is 0.228 e. The SMILES string of the molecule is CCCCCCCCCCCCCC(=O)NC(Nc1ccc(I)cc1)C(Cl)(Cl)Cl. The molecule has 1 aromatic rings. The van der Waals surface area contributed by atoms with Crippen LogP contribution in [0.15, 0.2) is 24.3 Å². The summed E-state index contributed by atoms with van der Waals surface area (Å²) in [5.74, 6) is -0.102. The number of unbranched alkanes of at least 4 members (excludes halogenated alkanes) is 10. The Labute approximate surface area is 205 Å². The van der Waals surface area contributed by atoms with Crippen molar-refractivity contribution in [1.29, 1.82) is 0 Å². The van der Waals surface area contributed by atoms with Crippen LogP contribution in [0.1, 0.15) is 84.0 Å². The fraction of sp³-hybridized carbons (Fsp3) is 0.682. The molecule has 1 aromatic carbocycles. The molecule has 0 fully saturated rings. The third kappa shape index (κ3) is 13.9. The van der Waals surface area contributed by atoms with Gasteiger partial charge in [0, 0.05) is 15.7 Å². The molecule has 0 radical (unpaired) electrons. The van der Waals surface area contributed by atoms with Crippen molar-refractivity contribution >= 4 is 69.0 Å². The van der Waals surface area contributed by atoms with Crippen molar-refractivity contribution in [3.8, 4) is 0 Å². The second-order valence-corrected chi connectivity index (χ2v) is 11.1. The molecule has 1 rings (SSSR count). The van der Waals surface area contributed by atoms with Crippen LogP contribution < -0.4 is 10.6 Å². The minimum atomic E-state index is -1.64. The number of anilines is 1. The van der Waals surface area contributed by atoms with E-state index in [0.29, 0.717) is 6.42 Å². The number of benzene rings is 1. The van der Waals surface area contributed by atoms with Crippen molar-refractivity contribution in [1.82, 2.24) is 5.32 Å². The van der Waals surface area contributed by atoms with Crippen LogP contribution >= 0.6 is 57.4 Å². The molecule has 166 valence electrons.